The highest BCUT2D eigenvalue weighted by Crippen LogP contribution is 2.21. The number of hydrogen-bond donors (Lipinski definition) is 3. The zero-order valence-corrected chi connectivity index (χ0v) is 12.8. The maximum atomic E-state index is 13.3. The van der Waals surface area contributed by atoms with Gasteiger partial charge in [0.25, 0.3) is 5.91 Å². The lowest BCUT2D eigenvalue weighted by atomic mass is 10.1. The van der Waals surface area contributed by atoms with Crippen LogP contribution in [0, 0.1) is 5.82 Å². The molecule has 2 aromatic heterocycles. The van der Waals surface area contributed by atoms with E-state index in [9.17, 15) is 14.0 Å². The molecule has 0 aliphatic heterocycles. The highest BCUT2D eigenvalue weighted by Gasteiger charge is 2.15. The van der Waals surface area contributed by atoms with Gasteiger partial charge in [-0.2, -0.15) is 10.2 Å². The third kappa shape index (κ3) is 3.09. The van der Waals surface area contributed by atoms with Crippen molar-refractivity contribution in [3.8, 4) is 11.3 Å². The lowest BCUT2D eigenvalue weighted by Crippen LogP contribution is -2.27. The Hall–Kier alpha value is -3.23. The van der Waals surface area contributed by atoms with Crippen molar-refractivity contribution >= 4 is 5.91 Å². The lowest BCUT2D eigenvalue weighted by molar-refractivity contribution is 0.0954. The molecule has 1 amide bonds. The number of amides is 1. The van der Waals surface area contributed by atoms with E-state index in [1.165, 1.54) is 22.9 Å². The third-order valence-electron chi connectivity index (χ3n) is 3.60. The first-order chi connectivity index (χ1) is 11.6. The molecule has 0 atom stereocenters. The SMILES string of the molecule is Cn1c(CCNC(=O)c2cn[nH]c2-c2cccc(F)c2)n[nH]c1=O. The number of benzene rings is 1. The van der Waals surface area contributed by atoms with Crippen LogP contribution in [0.25, 0.3) is 11.3 Å². The van der Waals surface area contributed by atoms with Crippen molar-refractivity contribution in [3.05, 3.63) is 58.2 Å². The molecule has 0 saturated heterocycles. The second kappa shape index (κ2) is 6.49. The van der Waals surface area contributed by atoms with Crippen molar-refractivity contribution in [1.29, 1.82) is 0 Å². The molecular weight excluding hydrogens is 315 g/mol. The van der Waals surface area contributed by atoms with Crippen molar-refractivity contribution in [3.63, 3.8) is 0 Å². The number of halogens is 1. The van der Waals surface area contributed by atoms with Crippen LogP contribution in [0.1, 0.15) is 16.2 Å². The Morgan fingerprint density at radius 2 is 2.21 bits per heavy atom. The normalized spacial score (nSPS) is 10.8. The van der Waals surface area contributed by atoms with Crippen molar-refractivity contribution in [1.82, 2.24) is 30.3 Å². The fraction of sp³-hybridized carbons (Fsp3) is 0.200. The van der Waals surface area contributed by atoms with Gasteiger partial charge in [-0.1, -0.05) is 12.1 Å². The number of carbonyl (C=O) groups is 1. The minimum atomic E-state index is -0.395. The predicted molar refractivity (Wildman–Crippen MR) is 83.8 cm³/mol. The molecule has 3 N–H and O–H groups in total. The molecule has 24 heavy (non-hydrogen) atoms. The summed E-state index contributed by atoms with van der Waals surface area (Å²) in [6.07, 6.45) is 1.79. The van der Waals surface area contributed by atoms with Gasteiger partial charge in [-0.15, -0.1) is 0 Å². The summed E-state index contributed by atoms with van der Waals surface area (Å²) < 4.78 is 14.7. The Morgan fingerprint density at radius 3 is 2.92 bits per heavy atom. The molecule has 1 aromatic carbocycles. The molecule has 0 spiro atoms. The molecule has 124 valence electrons. The topological polar surface area (TPSA) is 108 Å². The molecule has 0 bridgehead atoms. The van der Waals surface area contributed by atoms with Crippen LogP contribution >= 0.6 is 0 Å². The summed E-state index contributed by atoms with van der Waals surface area (Å²) in [4.78, 5) is 23.6. The molecule has 0 radical (unpaired) electrons. The molecule has 0 saturated carbocycles. The first-order valence-electron chi connectivity index (χ1n) is 7.24. The van der Waals surface area contributed by atoms with Gasteiger partial charge in [0.1, 0.15) is 11.6 Å². The molecule has 8 nitrogen and oxygen atoms in total. The number of carbonyl (C=O) groups excluding carboxylic acids is 1. The molecule has 3 rings (SSSR count). The number of aromatic amines is 2. The van der Waals surface area contributed by atoms with Crippen LogP contribution in [-0.4, -0.2) is 37.4 Å². The van der Waals surface area contributed by atoms with Gasteiger partial charge in [-0.05, 0) is 12.1 Å². The smallest absolute Gasteiger partial charge is 0.343 e. The van der Waals surface area contributed by atoms with Crippen LogP contribution in [0.5, 0.6) is 0 Å². The highest BCUT2D eigenvalue weighted by atomic mass is 19.1. The summed E-state index contributed by atoms with van der Waals surface area (Å²) in [7, 11) is 1.60. The number of aromatic nitrogens is 5. The van der Waals surface area contributed by atoms with Crippen LogP contribution < -0.4 is 11.0 Å². The molecular formula is C15H15FN6O2. The molecule has 9 heteroatoms. The van der Waals surface area contributed by atoms with E-state index in [4.69, 9.17) is 0 Å². The van der Waals surface area contributed by atoms with Gasteiger partial charge in [-0.25, -0.2) is 14.3 Å². The van der Waals surface area contributed by atoms with E-state index in [2.05, 4.69) is 25.7 Å². The van der Waals surface area contributed by atoms with Crippen LogP contribution in [-0.2, 0) is 13.5 Å². The summed E-state index contributed by atoms with van der Waals surface area (Å²) >= 11 is 0. The van der Waals surface area contributed by atoms with E-state index in [-0.39, 0.29) is 11.6 Å². The second-order valence-electron chi connectivity index (χ2n) is 5.18. The number of rotatable bonds is 5. The van der Waals surface area contributed by atoms with Crippen molar-refractivity contribution in [2.75, 3.05) is 6.54 Å². The summed E-state index contributed by atoms with van der Waals surface area (Å²) in [6, 6.07) is 5.90. The first-order valence-corrected chi connectivity index (χ1v) is 7.24. The van der Waals surface area contributed by atoms with E-state index in [0.717, 1.165) is 0 Å². The fourth-order valence-corrected chi connectivity index (χ4v) is 2.31. The lowest BCUT2D eigenvalue weighted by Gasteiger charge is -2.06. The highest BCUT2D eigenvalue weighted by molar-refractivity contribution is 5.99. The van der Waals surface area contributed by atoms with Crippen molar-refractivity contribution in [2.45, 2.75) is 6.42 Å². The van der Waals surface area contributed by atoms with Gasteiger partial charge in [0.2, 0.25) is 0 Å². The number of nitrogens with one attached hydrogen (secondary N) is 3. The summed E-state index contributed by atoms with van der Waals surface area (Å²) in [6.45, 7) is 0.296. The zero-order chi connectivity index (χ0) is 17.1. The van der Waals surface area contributed by atoms with Gasteiger partial charge < -0.3 is 5.32 Å². The minimum absolute atomic E-state index is 0.296. The summed E-state index contributed by atoms with van der Waals surface area (Å²) in [5.41, 5.74) is 0.989. The van der Waals surface area contributed by atoms with Crippen LogP contribution in [0.4, 0.5) is 4.39 Å². The summed E-state index contributed by atoms with van der Waals surface area (Å²) in [5, 5.41) is 15.5. The Labute approximate surface area is 135 Å². The maximum Gasteiger partial charge on any atom is 0.343 e. The zero-order valence-electron chi connectivity index (χ0n) is 12.8. The quantitative estimate of drug-likeness (QED) is 0.637. The Bertz CT molecular complexity index is 926. The molecule has 0 aliphatic carbocycles. The van der Waals surface area contributed by atoms with E-state index in [1.54, 1.807) is 19.2 Å². The number of nitrogens with zero attached hydrogens (tertiary/aromatic N) is 3. The van der Waals surface area contributed by atoms with Crippen molar-refractivity contribution < 1.29 is 9.18 Å². The first kappa shape index (κ1) is 15.7. The third-order valence-corrected chi connectivity index (χ3v) is 3.60. The van der Waals surface area contributed by atoms with E-state index >= 15 is 0 Å². The second-order valence-corrected chi connectivity index (χ2v) is 5.18. The maximum absolute atomic E-state index is 13.3. The summed E-state index contributed by atoms with van der Waals surface area (Å²) in [5.74, 6) is -0.200. The monoisotopic (exact) mass is 330 g/mol. The fourth-order valence-electron chi connectivity index (χ4n) is 2.31. The number of H-pyrrole nitrogens is 2. The molecule has 0 aliphatic rings. The average molecular weight is 330 g/mol. The van der Waals surface area contributed by atoms with E-state index in [0.29, 0.717) is 35.6 Å². The van der Waals surface area contributed by atoms with Crippen LogP contribution in [0.3, 0.4) is 0 Å². The predicted octanol–water partition coefficient (Wildman–Crippen LogP) is 0.610. The average Bonchev–Trinajstić information content (AvgIpc) is 3.17. The van der Waals surface area contributed by atoms with E-state index in [1.807, 2.05) is 0 Å². The number of hydrogen-bond acceptors (Lipinski definition) is 4. The largest absolute Gasteiger partial charge is 0.351 e. The Balaban J connectivity index is 1.69. The van der Waals surface area contributed by atoms with Gasteiger partial charge in [0, 0.05) is 25.6 Å². The molecule has 3 aromatic rings. The van der Waals surface area contributed by atoms with Gasteiger partial charge >= 0.3 is 5.69 Å². The molecule has 2 heterocycles. The minimum Gasteiger partial charge on any atom is -0.351 e. The standard InChI is InChI=1S/C15H15FN6O2/c1-22-12(19-21-15(22)24)5-6-17-14(23)11-8-18-20-13(11)9-3-2-4-10(16)7-9/h2-4,7-8H,5-6H2,1H3,(H,17,23)(H,18,20)(H,21,24). The Kier molecular flexibility index (Phi) is 4.23. The van der Waals surface area contributed by atoms with Gasteiger partial charge in [-0.3, -0.25) is 14.5 Å². The Morgan fingerprint density at radius 1 is 1.38 bits per heavy atom. The molecule has 0 unspecified atom stereocenters. The van der Waals surface area contributed by atoms with Crippen LogP contribution in [0.15, 0.2) is 35.3 Å². The molecule has 0 fully saturated rings. The van der Waals surface area contributed by atoms with Gasteiger partial charge in [0.15, 0.2) is 0 Å². The van der Waals surface area contributed by atoms with Crippen molar-refractivity contribution in [2.24, 2.45) is 7.05 Å². The van der Waals surface area contributed by atoms with Crippen LogP contribution in [0.2, 0.25) is 0 Å². The van der Waals surface area contributed by atoms with E-state index < -0.39 is 5.82 Å². The van der Waals surface area contributed by atoms with Gasteiger partial charge in [0.05, 0.1) is 17.5 Å².